The molecule has 3 amide bonds. The molecule has 5 atom stereocenters. The van der Waals surface area contributed by atoms with Crippen LogP contribution in [0.4, 0.5) is 0 Å². The molecule has 0 saturated carbocycles. The van der Waals surface area contributed by atoms with Gasteiger partial charge in [-0.25, -0.2) is 4.79 Å². The topological polar surface area (TPSA) is 215 Å². The van der Waals surface area contributed by atoms with Crippen molar-refractivity contribution >= 4 is 42.3 Å². The van der Waals surface area contributed by atoms with E-state index in [0.717, 1.165) is 5.56 Å². The van der Waals surface area contributed by atoms with Gasteiger partial charge in [0.15, 0.2) is 5.96 Å². The van der Waals surface area contributed by atoms with E-state index in [4.69, 9.17) is 17.2 Å². The molecule has 0 aromatic heterocycles. The molecule has 0 aliphatic rings. The Bertz CT molecular complexity index is 927. The van der Waals surface area contributed by atoms with Gasteiger partial charge in [-0.2, -0.15) is 12.6 Å². The van der Waals surface area contributed by atoms with Crippen LogP contribution in [-0.4, -0.2) is 71.2 Å². The molecule has 206 valence electrons. The van der Waals surface area contributed by atoms with Crippen LogP contribution < -0.4 is 33.2 Å². The Kier molecular flexibility index (Phi) is 14.1. The summed E-state index contributed by atoms with van der Waals surface area (Å²) in [5.74, 6) is -3.31. The molecule has 0 spiro atoms. The van der Waals surface area contributed by atoms with E-state index in [1.54, 1.807) is 30.3 Å². The van der Waals surface area contributed by atoms with Crippen LogP contribution in [0.2, 0.25) is 0 Å². The average Bonchev–Trinajstić information content (AvgIpc) is 2.87. The summed E-state index contributed by atoms with van der Waals surface area (Å²) in [4.78, 5) is 54.2. The van der Waals surface area contributed by atoms with Gasteiger partial charge in [0.05, 0.1) is 6.04 Å². The molecule has 5 unspecified atom stereocenters. The summed E-state index contributed by atoms with van der Waals surface area (Å²) in [6, 6.07) is 4.74. The maximum atomic E-state index is 13.1. The molecule has 0 heterocycles. The number of carboxylic acids is 1. The largest absolute Gasteiger partial charge is 0.480 e. The minimum absolute atomic E-state index is 0.0347. The Balaban J connectivity index is 3.00. The zero-order valence-corrected chi connectivity index (χ0v) is 22.1. The third-order valence-corrected chi connectivity index (χ3v) is 6.22. The van der Waals surface area contributed by atoms with Crippen molar-refractivity contribution in [3.8, 4) is 0 Å². The van der Waals surface area contributed by atoms with E-state index in [-0.39, 0.29) is 37.0 Å². The third kappa shape index (κ3) is 11.5. The normalized spacial score (nSPS) is 14.8. The Morgan fingerprint density at radius 2 is 1.54 bits per heavy atom. The number of guanidine groups is 1. The van der Waals surface area contributed by atoms with E-state index >= 15 is 0 Å². The zero-order chi connectivity index (χ0) is 28.0. The van der Waals surface area contributed by atoms with Gasteiger partial charge >= 0.3 is 5.97 Å². The Labute approximate surface area is 222 Å². The lowest BCUT2D eigenvalue weighted by Gasteiger charge is -2.25. The lowest BCUT2D eigenvalue weighted by atomic mass is 9.99. The van der Waals surface area contributed by atoms with Crippen LogP contribution in [0.25, 0.3) is 0 Å². The molecular formula is C24H39N7O5S. The van der Waals surface area contributed by atoms with Crippen LogP contribution in [-0.2, 0) is 25.6 Å². The summed E-state index contributed by atoms with van der Waals surface area (Å²) in [7, 11) is 0. The van der Waals surface area contributed by atoms with Gasteiger partial charge in [0.25, 0.3) is 0 Å². The van der Waals surface area contributed by atoms with E-state index in [0.29, 0.717) is 12.8 Å². The van der Waals surface area contributed by atoms with E-state index in [9.17, 15) is 24.3 Å². The van der Waals surface area contributed by atoms with Crippen molar-refractivity contribution in [1.82, 2.24) is 16.0 Å². The number of hydrogen-bond donors (Lipinski definition) is 8. The summed E-state index contributed by atoms with van der Waals surface area (Å²) >= 11 is 4.17. The Hall–Kier alpha value is -3.32. The highest BCUT2D eigenvalue weighted by Gasteiger charge is 2.30. The lowest BCUT2D eigenvalue weighted by Crippen LogP contribution is -2.58. The van der Waals surface area contributed by atoms with Crippen LogP contribution in [0.1, 0.15) is 38.7 Å². The number of nitrogens with two attached hydrogens (primary N) is 3. The fraction of sp³-hybridized carbons (Fsp3) is 0.542. The number of carboxylic acid groups (broad SMARTS) is 1. The molecule has 0 aliphatic heterocycles. The Morgan fingerprint density at radius 1 is 0.973 bits per heavy atom. The molecule has 0 aliphatic carbocycles. The number of benzene rings is 1. The van der Waals surface area contributed by atoms with Gasteiger partial charge in [-0.1, -0.05) is 50.6 Å². The second kappa shape index (κ2) is 16.4. The molecule has 0 radical (unpaired) electrons. The quantitative estimate of drug-likeness (QED) is 0.0572. The number of nitrogens with zero attached hydrogens (tertiary/aromatic N) is 1. The van der Waals surface area contributed by atoms with Crippen molar-refractivity contribution in [1.29, 1.82) is 0 Å². The molecule has 1 aromatic carbocycles. The molecule has 12 nitrogen and oxygen atoms in total. The first-order valence-corrected chi connectivity index (χ1v) is 12.7. The highest BCUT2D eigenvalue weighted by atomic mass is 32.1. The number of nitrogens with one attached hydrogen (secondary N) is 3. The van der Waals surface area contributed by atoms with Gasteiger partial charge in [0.1, 0.15) is 18.1 Å². The predicted octanol–water partition coefficient (Wildman–Crippen LogP) is -0.875. The molecule has 37 heavy (non-hydrogen) atoms. The molecule has 1 rings (SSSR count). The maximum absolute atomic E-state index is 13.1. The van der Waals surface area contributed by atoms with Gasteiger partial charge in [-0.05, 0) is 24.3 Å². The summed E-state index contributed by atoms with van der Waals surface area (Å²) in [5.41, 5.74) is 17.3. The summed E-state index contributed by atoms with van der Waals surface area (Å²) in [6.45, 7) is 3.93. The molecule has 0 bridgehead atoms. The van der Waals surface area contributed by atoms with E-state index in [1.165, 1.54) is 0 Å². The second-order valence-corrected chi connectivity index (χ2v) is 9.12. The number of rotatable bonds is 16. The van der Waals surface area contributed by atoms with Crippen molar-refractivity contribution in [2.45, 2.75) is 63.7 Å². The number of aliphatic carboxylic acids is 1. The zero-order valence-electron chi connectivity index (χ0n) is 21.2. The Morgan fingerprint density at radius 3 is 2.08 bits per heavy atom. The molecule has 10 N–H and O–H groups in total. The van der Waals surface area contributed by atoms with Crippen LogP contribution in [0.15, 0.2) is 35.3 Å². The van der Waals surface area contributed by atoms with Crippen LogP contribution in [0.3, 0.4) is 0 Å². The van der Waals surface area contributed by atoms with E-state index in [2.05, 4.69) is 33.6 Å². The van der Waals surface area contributed by atoms with Crippen molar-refractivity contribution in [2.24, 2.45) is 28.1 Å². The number of aliphatic imine (C=N–C) groups is 1. The summed E-state index contributed by atoms with van der Waals surface area (Å²) < 4.78 is 0. The number of thiol groups is 1. The second-order valence-electron chi connectivity index (χ2n) is 8.75. The lowest BCUT2D eigenvalue weighted by molar-refractivity contribution is -0.142. The van der Waals surface area contributed by atoms with Crippen molar-refractivity contribution in [2.75, 3.05) is 12.3 Å². The highest BCUT2D eigenvalue weighted by molar-refractivity contribution is 7.80. The monoisotopic (exact) mass is 537 g/mol. The molecule has 13 heteroatoms. The number of hydrogen-bond acceptors (Lipinski definition) is 7. The standard InChI is InChI=1S/C24H39N7O5S/c1-3-14(2)19(25)22(34)31-18(13-37)21(33)30-17(12-15-8-5-4-6-9-15)20(32)29-16(23(35)36)10-7-11-28-24(26)27/h4-6,8-9,14,16-19,37H,3,7,10-13,25H2,1-2H3,(H,29,32)(H,30,33)(H,31,34)(H,35,36)(H4,26,27,28). The summed E-state index contributed by atoms with van der Waals surface area (Å²) in [5, 5.41) is 17.3. The van der Waals surface area contributed by atoms with Crippen molar-refractivity contribution in [3.05, 3.63) is 35.9 Å². The maximum Gasteiger partial charge on any atom is 0.326 e. The van der Waals surface area contributed by atoms with Gasteiger partial charge in [-0.15, -0.1) is 0 Å². The average molecular weight is 538 g/mol. The SMILES string of the molecule is CCC(C)C(N)C(=O)NC(CS)C(=O)NC(Cc1ccccc1)C(=O)NC(CCCN=C(N)N)C(=O)O. The number of carbonyl (C=O) groups is 4. The first kappa shape index (κ1) is 31.7. The first-order valence-electron chi connectivity index (χ1n) is 12.1. The van der Waals surface area contributed by atoms with E-state index in [1.807, 2.05) is 13.8 Å². The highest BCUT2D eigenvalue weighted by Crippen LogP contribution is 2.08. The van der Waals surface area contributed by atoms with Crippen LogP contribution in [0.5, 0.6) is 0 Å². The fourth-order valence-electron chi connectivity index (χ4n) is 3.34. The molecule has 0 saturated heterocycles. The minimum atomic E-state index is -1.23. The molecule has 1 aromatic rings. The first-order chi connectivity index (χ1) is 17.5. The molecular weight excluding hydrogens is 498 g/mol. The smallest absolute Gasteiger partial charge is 0.326 e. The predicted molar refractivity (Wildman–Crippen MR) is 145 cm³/mol. The fourth-order valence-corrected chi connectivity index (χ4v) is 3.60. The summed E-state index contributed by atoms with van der Waals surface area (Å²) in [6.07, 6.45) is 1.17. The van der Waals surface area contributed by atoms with Crippen LogP contribution >= 0.6 is 12.6 Å². The number of amides is 3. The van der Waals surface area contributed by atoms with Gasteiger partial charge in [0.2, 0.25) is 17.7 Å². The third-order valence-electron chi connectivity index (χ3n) is 5.85. The van der Waals surface area contributed by atoms with Crippen LogP contribution in [0, 0.1) is 5.92 Å². The van der Waals surface area contributed by atoms with E-state index < -0.39 is 47.9 Å². The molecule has 0 fully saturated rings. The van der Waals surface area contributed by atoms with Crippen molar-refractivity contribution in [3.63, 3.8) is 0 Å². The van der Waals surface area contributed by atoms with Gasteiger partial charge < -0.3 is 38.3 Å². The van der Waals surface area contributed by atoms with Crippen molar-refractivity contribution < 1.29 is 24.3 Å². The van der Waals surface area contributed by atoms with Gasteiger partial charge in [0, 0.05) is 18.7 Å². The minimum Gasteiger partial charge on any atom is -0.480 e. The number of carbonyl (C=O) groups excluding carboxylic acids is 3. The van der Waals surface area contributed by atoms with Gasteiger partial charge in [-0.3, -0.25) is 19.4 Å².